The zero-order valence-corrected chi connectivity index (χ0v) is 20.2. The van der Waals surface area contributed by atoms with E-state index in [9.17, 15) is 15.2 Å². The number of aromatic nitrogens is 5. The molecule has 0 aliphatic heterocycles. The molecule has 0 aliphatic carbocycles. The van der Waals surface area contributed by atoms with Gasteiger partial charge in [0.05, 0.1) is 29.5 Å². The van der Waals surface area contributed by atoms with E-state index in [1.165, 1.54) is 9.58 Å². The number of carbonyl (C=O) groups is 1. The van der Waals surface area contributed by atoms with Gasteiger partial charge in [0.15, 0.2) is 11.6 Å². The summed E-state index contributed by atoms with van der Waals surface area (Å²) in [7, 11) is 4.94. The summed E-state index contributed by atoms with van der Waals surface area (Å²) >= 11 is 1.15. The first-order chi connectivity index (χ1) is 16.9. The lowest BCUT2D eigenvalue weighted by Crippen LogP contribution is -2.12. The van der Waals surface area contributed by atoms with Crippen LogP contribution in [0.15, 0.2) is 59.4 Å². The number of fused-ring (bicyclic) bond motifs is 1. The summed E-state index contributed by atoms with van der Waals surface area (Å²) < 4.78 is 6.67. The van der Waals surface area contributed by atoms with Gasteiger partial charge in [0.1, 0.15) is 23.2 Å². The largest absolute Gasteiger partial charge is 0.510 e. The Morgan fingerprint density at radius 1 is 1.26 bits per heavy atom. The summed E-state index contributed by atoms with van der Waals surface area (Å²) in [6, 6.07) is 16.7. The van der Waals surface area contributed by atoms with Gasteiger partial charge < -0.3 is 25.6 Å². The highest BCUT2D eigenvalue weighted by atomic mass is 32.2. The molecular formula is C23H24N8O3S. The van der Waals surface area contributed by atoms with Crippen molar-refractivity contribution in [2.45, 2.75) is 5.16 Å². The van der Waals surface area contributed by atoms with Gasteiger partial charge in [0.25, 0.3) is 0 Å². The molecule has 0 atom stereocenters. The molecule has 0 aliphatic rings. The number of H-pyrrole nitrogens is 1. The summed E-state index contributed by atoms with van der Waals surface area (Å²) in [5.74, 6) is 7.44. The number of hydrogen-bond donors (Lipinski definition) is 3. The van der Waals surface area contributed by atoms with Crippen molar-refractivity contribution in [3.8, 4) is 23.2 Å². The quantitative estimate of drug-likeness (QED) is 0.116. The smallest absolute Gasteiger partial charge is 0.210 e. The summed E-state index contributed by atoms with van der Waals surface area (Å²) in [4.78, 5) is 18.3. The molecule has 180 valence electrons. The Balaban J connectivity index is 0.000000623. The summed E-state index contributed by atoms with van der Waals surface area (Å²) in [5.41, 5.74) is 2.25. The van der Waals surface area contributed by atoms with Gasteiger partial charge >= 0.3 is 0 Å². The minimum Gasteiger partial charge on any atom is -0.510 e. The third-order valence-corrected chi connectivity index (χ3v) is 5.54. The number of hydrogen-bond acceptors (Lipinski definition) is 9. The number of nitrogen functional groups attached to an aromatic ring is 1. The molecule has 0 bridgehead atoms. The molecule has 11 nitrogen and oxygen atoms in total. The van der Waals surface area contributed by atoms with Crippen LogP contribution in [-0.4, -0.2) is 68.2 Å². The van der Waals surface area contributed by atoms with E-state index in [1.807, 2.05) is 48.5 Å². The normalized spacial score (nSPS) is 11.1. The van der Waals surface area contributed by atoms with Gasteiger partial charge in [-0.3, -0.25) is 4.79 Å². The fourth-order valence-corrected chi connectivity index (χ4v) is 3.65. The van der Waals surface area contributed by atoms with Gasteiger partial charge in [-0.2, -0.15) is 5.26 Å². The number of para-hydroxylation sites is 3. The number of ether oxygens (including phenoxy) is 1. The van der Waals surface area contributed by atoms with Crippen LogP contribution in [0.25, 0.3) is 28.0 Å². The zero-order chi connectivity index (χ0) is 25.4. The van der Waals surface area contributed by atoms with Crippen molar-refractivity contribution < 1.29 is 14.6 Å². The maximum absolute atomic E-state index is 10.5. The number of rotatable bonds is 7. The van der Waals surface area contributed by atoms with Crippen LogP contribution < -0.4 is 10.6 Å². The van der Waals surface area contributed by atoms with E-state index >= 15 is 0 Å². The maximum Gasteiger partial charge on any atom is 0.210 e. The monoisotopic (exact) mass is 492 g/mol. The number of nitrogens with one attached hydrogen (secondary N) is 1. The van der Waals surface area contributed by atoms with Crippen molar-refractivity contribution >= 4 is 34.8 Å². The Morgan fingerprint density at radius 2 is 1.94 bits per heavy atom. The number of nitrogens with two attached hydrogens (primary N) is 1. The standard InChI is InChI=1S/C20H17N7O2S.C3H7NO/c1-29-17-9-5-2-6-12(17)19-25-26-20(27(19)22)30-11-16(28)13(10-21)18-23-14-7-3-4-8-15(14)24-18;1-4(2)3-5/h2-9,28H,11,22H2,1H3,(H,23,24);3H,1-2H3/b16-13-;. The van der Waals surface area contributed by atoms with Crippen molar-refractivity contribution in [3.05, 3.63) is 60.1 Å². The van der Waals surface area contributed by atoms with Gasteiger partial charge in [-0.05, 0) is 24.3 Å². The first kappa shape index (κ1) is 25.1. The number of thioether (sulfide) groups is 1. The molecule has 0 spiro atoms. The predicted octanol–water partition coefficient (Wildman–Crippen LogP) is 2.83. The predicted molar refractivity (Wildman–Crippen MR) is 134 cm³/mol. The molecule has 0 unspecified atom stereocenters. The second-order valence-electron chi connectivity index (χ2n) is 7.27. The van der Waals surface area contributed by atoms with Gasteiger partial charge in [-0.15, -0.1) is 10.2 Å². The molecule has 0 saturated heterocycles. The molecular weight excluding hydrogens is 468 g/mol. The third kappa shape index (κ3) is 5.90. The first-order valence-corrected chi connectivity index (χ1v) is 11.2. The van der Waals surface area contributed by atoms with E-state index in [0.29, 0.717) is 33.6 Å². The van der Waals surface area contributed by atoms with Crippen molar-refractivity contribution in [3.63, 3.8) is 0 Å². The maximum atomic E-state index is 10.5. The molecule has 4 rings (SSSR count). The van der Waals surface area contributed by atoms with E-state index < -0.39 is 0 Å². The lowest BCUT2D eigenvalue weighted by molar-refractivity contribution is -0.115. The van der Waals surface area contributed by atoms with Gasteiger partial charge in [-0.25, -0.2) is 9.66 Å². The number of amides is 1. The summed E-state index contributed by atoms with van der Waals surface area (Å²) in [5, 5.41) is 28.6. The topological polar surface area (TPSA) is 159 Å². The molecule has 0 radical (unpaired) electrons. The van der Waals surface area contributed by atoms with E-state index in [0.717, 1.165) is 23.7 Å². The number of aromatic amines is 1. The number of allylic oxidation sites excluding steroid dienone is 1. The zero-order valence-electron chi connectivity index (χ0n) is 19.3. The number of imidazole rings is 1. The molecule has 1 amide bonds. The lowest BCUT2D eigenvalue weighted by atomic mass is 10.2. The number of carbonyl (C=O) groups excluding carboxylic acids is 1. The summed E-state index contributed by atoms with van der Waals surface area (Å²) in [6.45, 7) is 0. The van der Waals surface area contributed by atoms with E-state index in [-0.39, 0.29) is 17.1 Å². The van der Waals surface area contributed by atoms with Crippen LogP contribution in [0.3, 0.4) is 0 Å². The fraction of sp³-hybridized carbons (Fsp3) is 0.174. The number of aliphatic hydroxyl groups excluding tert-OH is 1. The minimum absolute atomic E-state index is 0.0618. The average molecular weight is 493 g/mol. The van der Waals surface area contributed by atoms with E-state index in [1.54, 1.807) is 27.3 Å². The van der Waals surface area contributed by atoms with Crippen LogP contribution in [0.1, 0.15) is 5.82 Å². The molecule has 4 N–H and O–H groups in total. The Bertz CT molecular complexity index is 1350. The van der Waals surface area contributed by atoms with Crippen LogP contribution in [0.2, 0.25) is 0 Å². The Kier molecular flexibility index (Phi) is 8.31. The van der Waals surface area contributed by atoms with E-state index in [4.69, 9.17) is 10.6 Å². The second-order valence-corrected chi connectivity index (χ2v) is 8.21. The molecule has 2 aromatic heterocycles. The minimum atomic E-state index is -0.136. The number of methoxy groups -OCH3 is 1. The van der Waals surface area contributed by atoms with Crippen molar-refractivity contribution in [2.75, 3.05) is 32.8 Å². The SMILES string of the molecule is CN(C)C=O.COc1ccccc1-c1nnc(SC/C(O)=C(\C#N)c2nc3ccccc3[nH]2)n1N. The summed E-state index contributed by atoms with van der Waals surface area (Å²) in [6.07, 6.45) is 0.750. The highest BCUT2D eigenvalue weighted by Crippen LogP contribution is 2.30. The molecule has 0 saturated carbocycles. The number of nitriles is 1. The van der Waals surface area contributed by atoms with Crippen molar-refractivity contribution in [1.29, 1.82) is 5.26 Å². The highest BCUT2D eigenvalue weighted by molar-refractivity contribution is 7.99. The lowest BCUT2D eigenvalue weighted by Gasteiger charge is -2.08. The van der Waals surface area contributed by atoms with E-state index in [2.05, 4.69) is 20.2 Å². The molecule has 4 aromatic rings. The Labute approximate surface area is 205 Å². The number of benzene rings is 2. The van der Waals surface area contributed by atoms with Crippen molar-refractivity contribution in [1.82, 2.24) is 29.7 Å². The fourth-order valence-electron chi connectivity index (χ4n) is 2.92. The first-order valence-electron chi connectivity index (χ1n) is 10.2. The van der Waals surface area contributed by atoms with Crippen LogP contribution in [0.4, 0.5) is 0 Å². The molecule has 35 heavy (non-hydrogen) atoms. The van der Waals surface area contributed by atoms with Gasteiger partial charge in [0.2, 0.25) is 11.6 Å². The third-order valence-electron chi connectivity index (χ3n) is 4.59. The Morgan fingerprint density at radius 3 is 2.60 bits per heavy atom. The van der Waals surface area contributed by atoms with Crippen LogP contribution >= 0.6 is 11.8 Å². The van der Waals surface area contributed by atoms with Crippen LogP contribution in [-0.2, 0) is 4.79 Å². The molecule has 2 aromatic carbocycles. The second kappa shape index (κ2) is 11.6. The van der Waals surface area contributed by atoms with Gasteiger partial charge in [0, 0.05) is 14.1 Å². The molecule has 2 heterocycles. The van der Waals surface area contributed by atoms with Gasteiger partial charge in [-0.1, -0.05) is 36.0 Å². The number of aliphatic hydroxyl groups is 1. The molecule has 12 heteroatoms. The number of nitrogens with zero attached hydrogens (tertiary/aromatic N) is 6. The van der Waals surface area contributed by atoms with Crippen LogP contribution in [0, 0.1) is 11.3 Å². The highest BCUT2D eigenvalue weighted by Gasteiger charge is 2.18. The molecule has 0 fully saturated rings. The Hall–Kier alpha value is -4.50. The van der Waals surface area contributed by atoms with Crippen molar-refractivity contribution in [2.24, 2.45) is 0 Å². The van der Waals surface area contributed by atoms with Crippen LogP contribution in [0.5, 0.6) is 5.75 Å². The average Bonchev–Trinajstić information content (AvgIpc) is 3.46.